The highest BCUT2D eigenvalue weighted by Gasteiger charge is 2.37. The van der Waals surface area contributed by atoms with Crippen molar-refractivity contribution in [3.8, 4) is 6.07 Å². The van der Waals surface area contributed by atoms with Crippen LogP contribution in [0.3, 0.4) is 0 Å². The van der Waals surface area contributed by atoms with Gasteiger partial charge in [0.25, 0.3) is 0 Å². The van der Waals surface area contributed by atoms with Gasteiger partial charge in [-0.05, 0) is 19.9 Å². The van der Waals surface area contributed by atoms with E-state index >= 15 is 0 Å². The molecule has 0 amide bonds. The third kappa shape index (κ3) is 3.01. The third-order valence-electron chi connectivity index (χ3n) is 3.37. The molecule has 0 radical (unpaired) electrons. The molecule has 0 saturated carbocycles. The first-order valence-electron chi connectivity index (χ1n) is 6.81. The molecule has 0 aromatic heterocycles. The van der Waals surface area contributed by atoms with Crippen LogP contribution in [0.25, 0.3) is 0 Å². The van der Waals surface area contributed by atoms with E-state index in [1.54, 1.807) is 6.92 Å². The van der Waals surface area contributed by atoms with Crippen molar-refractivity contribution in [2.24, 2.45) is 5.73 Å². The predicted molar refractivity (Wildman–Crippen MR) is 76.3 cm³/mol. The van der Waals surface area contributed by atoms with Crippen LogP contribution in [0.2, 0.25) is 0 Å². The normalized spacial score (nSPS) is 17.6. The summed E-state index contributed by atoms with van der Waals surface area (Å²) in [6.45, 7) is 3.16. The van der Waals surface area contributed by atoms with Gasteiger partial charge in [-0.1, -0.05) is 6.07 Å². The molecule has 0 bridgehead atoms. The Labute approximate surface area is 131 Å². The van der Waals surface area contributed by atoms with Crippen LogP contribution in [-0.4, -0.2) is 12.6 Å². The Bertz CT molecular complexity index is 763. The summed E-state index contributed by atoms with van der Waals surface area (Å²) in [5.41, 5.74) is 5.44. The Morgan fingerprint density at radius 2 is 2.17 bits per heavy atom. The molecular weight excluding hydrogens is 306 g/mol. The van der Waals surface area contributed by atoms with Crippen molar-refractivity contribution in [2.45, 2.75) is 19.8 Å². The highest BCUT2D eigenvalue weighted by Crippen LogP contribution is 2.40. The number of hydrogen-bond acceptors (Lipinski definition) is 5. The standard InChI is InChI=1S/C16H14F2N2O3/c1-3-22-16(21)13-8(2)23-15(20)11(7-19)14(13)10-5-4-9(17)6-12(10)18/h4-6,14H,3,20H2,1-2H3. The summed E-state index contributed by atoms with van der Waals surface area (Å²) in [6.07, 6.45) is 0. The van der Waals surface area contributed by atoms with E-state index < -0.39 is 23.5 Å². The fourth-order valence-corrected chi connectivity index (χ4v) is 2.40. The zero-order valence-corrected chi connectivity index (χ0v) is 12.5. The average molecular weight is 320 g/mol. The molecule has 0 aliphatic carbocycles. The molecule has 0 fully saturated rings. The summed E-state index contributed by atoms with van der Waals surface area (Å²) in [4.78, 5) is 12.2. The average Bonchev–Trinajstić information content (AvgIpc) is 2.46. The molecule has 0 saturated heterocycles. The maximum absolute atomic E-state index is 14.2. The molecule has 1 aliphatic heterocycles. The number of esters is 1. The second-order valence-electron chi connectivity index (χ2n) is 4.78. The number of rotatable bonds is 3. The lowest BCUT2D eigenvalue weighted by molar-refractivity contribution is -0.139. The van der Waals surface area contributed by atoms with Crippen molar-refractivity contribution in [3.63, 3.8) is 0 Å². The fourth-order valence-electron chi connectivity index (χ4n) is 2.40. The Balaban J connectivity index is 2.66. The molecule has 1 aromatic carbocycles. The van der Waals surface area contributed by atoms with Crippen LogP contribution in [-0.2, 0) is 14.3 Å². The number of benzene rings is 1. The Hall–Kier alpha value is -2.88. The topological polar surface area (TPSA) is 85.3 Å². The zero-order valence-electron chi connectivity index (χ0n) is 12.5. The second-order valence-corrected chi connectivity index (χ2v) is 4.78. The van der Waals surface area contributed by atoms with E-state index in [1.807, 2.05) is 6.07 Å². The van der Waals surface area contributed by atoms with Gasteiger partial charge in [0.15, 0.2) is 0 Å². The number of nitrogens with two attached hydrogens (primary N) is 1. The van der Waals surface area contributed by atoms with Crippen LogP contribution in [0, 0.1) is 23.0 Å². The second kappa shape index (κ2) is 6.48. The summed E-state index contributed by atoms with van der Waals surface area (Å²) in [6, 6.07) is 4.70. The smallest absolute Gasteiger partial charge is 0.338 e. The van der Waals surface area contributed by atoms with Gasteiger partial charge in [0.1, 0.15) is 29.0 Å². The number of carbonyl (C=O) groups excluding carboxylic acids is 1. The summed E-state index contributed by atoms with van der Waals surface area (Å²) in [7, 11) is 0. The number of allylic oxidation sites excluding steroid dienone is 2. The SMILES string of the molecule is CCOC(=O)C1=C(C)OC(N)=C(C#N)C1c1ccc(F)cc1F. The molecule has 1 unspecified atom stereocenters. The number of hydrogen-bond donors (Lipinski definition) is 1. The number of ether oxygens (including phenoxy) is 2. The zero-order chi connectivity index (χ0) is 17.1. The lowest BCUT2D eigenvalue weighted by Crippen LogP contribution is -2.26. The van der Waals surface area contributed by atoms with Gasteiger partial charge in [0.2, 0.25) is 5.88 Å². The number of nitrogens with zero attached hydrogens (tertiary/aromatic N) is 1. The van der Waals surface area contributed by atoms with Gasteiger partial charge in [0.05, 0.1) is 18.1 Å². The predicted octanol–water partition coefficient (Wildman–Crippen LogP) is 2.61. The van der Waals surface area contributed by atoms with E-state index in [0.29, 0.717) is 6.07 Å². The molecule has 23 heavy (non-hydrogen) atoms. The van der Waals surface area contributed by atoms with Crippen molar-refractivity contribution in [3.05, 3.63) is 58.2 Å². The number of halogens is 2. The minimum atomic E-state index is -1.12. The maximum Gasteiger partial charge on any atom is 0.338 e. The van der Waals surface area contributed by atoms with Gasteiger partial charge in [-0.25, -0.2) is 13.6 Å². The summed E-state index contributed by atoms with van der Waals surface area (Å²) in [5, 5.41) is 9.32. The van der Waals surface area contributed by atoms with Gasteiger partial charge in [-0.3, -0.25) is 0 Å². The first-order valence-corrected chi connectivity index (χ1v) is 6.81. The highest BCUT2D eigenvalue weighted by atomic mass is 19.1. The van der Waals surface area contributed by atoms with E-state index in [1.165, 1.54) is 6.92 Å². The van der Waals surface area contributed by atoms with Crippen molar-refractivity contribution in [2.75, 3.05) is 6.61 Å². The van der Waals surface area contributed by atoms with E-state index in [-0.39, 0.29) is 35.0 Å². The first-order chi connectivity index (χ1) is 10.9. The summed E-state index contributed by atoms with van der Waals surface area (Å²) in [5.74, 6) is -3.66. The molecule has 0 spiro atoms. The van der Waals surface area contributed by atoms with Crippen molar-refractivity contribution < 1.29 is 23.0 Å². The Morgan fingerprint density at radius 1 is 1.48 bits per heavy atom. The van der Waals surface area contributed by atoms with Crippen LogP contribution in [0.4, 0.5) is 8.78 Å². The van der Waals surface area contributed by atoms with Crippen LogP contribution in [0.5, 0.6) is 0 Å². The van der Waals surface area contributed by atoms with Crippen LogP contribution >= 0.6 is 0 Å². The summed E-state index contributed by atoms with van der Waals surface area (Å²) < 4.78 is 37.5. The van der Waals surface area contributed by atoms with E-state index in [2.05, 4.69) is 0 Å². The van der Waals surface area contributed by atoms with Crippen molar-refractivity contribution >= 4 is 5.97 Å². The van der Waals surface area contributed by atoms with Gasteiger partial charge in [-0.2, -0.15) is 5.26 Å². The fraction of sp³-hybridized carbons (Fsp3) is 0.250. The van der Waals surface area contributed by atoms with Gasteiger partial charge in [0, 0.05) is 11.6 Å². The third-order valence-corrected chi connectivity index (χ3v) is 3.37. The minimum Gasteiger partial charge on any atom is -0.463 e. The van der Waals surface area contributed by atoms with E-state index in [0.717, 1.165) is 12.1 Å². The first kappa shape index (κ1) is 16.5. The van der Waals surface area contributed by atoms with Gasteiger partial charge in [-0.15, -0.1) is 0 Å². The van der Waals surface area contributed by atoms with E-state index in [9.17, 15) is 18.8 Å². The highest BCUT2D eigenvalue weighted by molar-refractivity contribution is 5.92. The lowest BCUT2D eigenvalue weighted by atomic mass is 9.83. The van der Waals surface area contributed by atoms with Crippen molar-refractivity contribution in [1.29, 1.82) is 5.26 Å². The molecule has 2 N–H and O–H groups in total. The van der Waals surface area contributed by atoms with Crippen LogP contribution in [0.15, 0.2) is 41.0 Å². The van der Waals surface area contributed by atoms with Gasteiger partial charge >= 0.3 is 5.97 Å². The molecule has 5 nitrogen and oxygen atoms in total. The van der Waals surface area contributed by atoms with Crippen molar-refractivity contribution in [1.82, 2.24) is 0 Å². The quantitative estimate of drug-likeness (QED) is 0.865. The lowest BCUT2D eigenvalue weighted by Gasteiger charge is -2.27. The minimum absolute atomic E-state index is 0.0388. The largest absolute Gasteiger partial charge is 0.463 e. The van der Waals surface area contributed by atoms with E-state index in [4.69, 9.17) is 15.2 Å². The Morgan fingerprint density at radius 3 is 2.74 bits per heavy atom. The molecule has 2 rings (SSSR count). The number of nitriles is 1. The molecule has 120 valence electrons. The molecule has 1 aliphatic rings. The monoisotopic (exact) mass is 320 g/mol. The molecular formula is C16H14F2N2O3. The van der Waals surface area contributed by atoms with Gasteiger partial charge < -0.3 is 15.2 Å². The maximum atomic E-state index is 14.2. The van der Waals surface area contributed by atoms with Crippen LogP contribution in [0.1, 0.15) is 25.3 Å². The van der Waals surface area contributed by atoms with Crippen LogP contribution < -0.4 is 5.73 Å². The molecule has 1 atom stereocenters. The molecule has 1 aromatic rings. The molecule has 7 heteroatoms. The summed E-state index contributed by atoms with van der Waals surface area (Å²) >= 11 is 0. The molecule has 1 heterocycles. The Kier molecular flexibility index (Phi) is 4.65. The number of carbonyl (C=O) groups is 1.